The van der Waals surface area contributed by atoms with E-state index in [1.807, 2.05) is 26.0 Å². The Morgan fingerprint density at radius 2 is 2.14 bits per heavy atom. The highest BCUT2D eigenvalue weighted by Crippen LogP contribution is 2.36. The lowest BCUT2D eigenvalue weighted by atomic mass is 10.0. The number of benzene rings is 1. The van der Waals surface area contributed by atoms with Gasteiger partial charge in [-0.1, -0.05) is 0 Å². The SMILES string of the molecule is Cc1cc(C)c2c(N)c(C(=O)N[C@H]3COc4cc(N5CC6COC(CN6)C5)cc(F)c4C3)sc2n1. The Labute approximate surface area is 206 Å². The number of pyridine rings is 1. The Balaban J connectivity index is 1.20. The van der Waals surface area contributed by atoms with Crippen LogP contribution in [-0.4, -0.2) is 61.9 Å². The maximum Gasteiger partial charge on any atom is 0.263 e. The summed E-state index contributed by atoms with van der Waals surface area (Å²) >= 11 is 1.28. The van der Waals surface area contributed by atoms with E-state index in [1.54, 1.807) is 6.07 Å². The summed E-state index contributed by atoms with van der Waals surface area (Å²) in [6.07, 6.45) is 0.446. The van der Waals surface area contributed by atoms with Gasteiger partial charge in [0.25, 0.3) is 5.91 Å². The van der Waals surface area contributed by atoms with Gasteiger partial charge in [0.1, 0.15) is 27.9 Å². The monoisotopic (exact) mass is 497 g/mol. The van der Waals surface area contributed by atoms with Crippen LogP contribution in [0.15, 0.2) is 18.2 Å². The van der Waals surface area contributed by atoms with Crippen LogP contribution in [0.5, 0.6) is 5.75 Å². The van der Waals surface area contributed by atoms with Crippen LogP contribution in [0.25, 0.3) is 10.2 Å². The number of hydrogen-bond donors (Lipinski definition) is 3. The second kappa shape index (κ2) is 8.61. The first-order valence-corrected chi connectivity index (χ1v) is 12.7. The maximum atomic E-state index is 15.2. The normalized spacial score (nSPS) is 23.6. The van der Waals surface area contributed by atoms with E-state index in [-0.39, 0.29) is 36.5 Å². The van der Waals surface area contributed by atoms with E-state index >= 15 is 4.39 Å². The van der Waals surface area contributed by atoms with Crippen molar-refractivity contribution in [2.45, 2.75) is 38.5 Å². The summed E-state index contributed by atoms with van der Waals surface area (Å²) in [6.45, 7) is 7.10. The first-order chi connectivity index (χ1) is 16.9. The molecule has 35 heavy (non-hydrogen) atoms. The van der Waals surface area contributed by atoms with Gasteiger partial charge in [-0.05, 0) is 31.5 Å². The Bertz CT molecular complexity index is 1310. The summed E-state index contributed by atoms with van der Waals surface area (Å²) in [6, 6.07) is 5.30. The lowest BCUT2D eigenvalue weighted by Gasteiger charge is -2.29. The number of nitrogen functional groups attached to an aromatic ring is 1. The summed E-state index contributed by atoms with van der Waals surface area (Å²) in [5.74, 6) is -0.0737. The first-order valence-electron chi connectivity index (χ1n) is 11.9. The molecule has 7 rings (SSSR count). The topological polar surface area (TPSA) is 102 Å². The minimum absolute atomic E-state index is 0.0950. The van der Waals surface area contributed by atoms with Crippen molar-refractivity contribution in [2.24, 2.45) is 0 Å². The van der Waals surface area contributed by atoms with Gasteiger partial charge in [0.15, 0.2) is 0 Å². The molecule has 0 spiro atoms. The Morgan fingerprint density at radius 1 is 1.29 bits per heavy atom. The number of hydrogen-bond acceptors (Lipinski definition) is 8. The van der Waals surface area contributed by atoms with Gasteiger partial charge >= 0.3 is 0 Å². The van der Waals surface area contributed by atoms with E-state index in [2.05, 4.69) is 20.5 Å². The Kier molecular flexibility index (Phi) is 5.54. The van der Waals surface area contributed by atoms with Crippen molar-refractivity contribution in [1.82, 2.24) is 15.6 Å². The van der Waals surface area contributed by atoms with E-state index in [9.17, 15) is 4.79 Å². The van der Waals surface area contributed by atoms with E-state index < -0.39 is 0 Å². The molecule has 8 nitrogen and oxygen atoms in total. The minimum atomic E-state index is -0.359. The number of anilines is 2. The van der Waals surface area contributed by atoms with E-state index in [0.717, 1.165) is 40.3 Å². The summed E-state index contributed by atoms with van der Waals surface area (Å²) in [5.41, 5.74) is 9.91. The quantitative estimate of drug-likeness (QED) is 0.511. The third kappa shape index (κ3) is 4.09. The van der Waals surface area contributed by atoms with Crippen LogP contribution in [0, 0.1) is 19.7 Å². The molecule has 0 aliphatic carbocycles. The number of fused-ring (bicyclic) bond motifs is 6. The zero-order valence-corrected chi connectivity index (χ0v) is 20.5. The number of ether oxygens (including phenoxy) is 2. The second-order valence-corrected chi connectivity index (χ2v) is 10.7. The lowest BCUT2D eigenvalue weighted by molar-refractivity contribution is 0.0259. The Hall–Kier alpha value is -2.95. The van der Waals surface area contributed by atoms with Crippen molar-refractivity contribution < 1.29 is 18.7 Å². The number of thiophene rings is 1. The van der Waals surface area contributed by atoms with Gasteiger partial charge in [0, 0.05) is 60.5 Å². The van der Waals surface area contributed by atoms with E-state index in [4.69, 9.17) is 15.2 Å². The molecule has 10 heteroatoms. The second-order valence-electron chi connectivity index (χ2n) is 9.66. The number of halogens is 1. The van der Waals surface area contributed by atoms with E-state index in [0.29, 0.717) is 41.4 Å². The third-order valence-electron chi connectivity index (χ3n) is 6.99. The summed E-state index contributed by atoms with van der Waals surface area (Å²) in [7, 11) is 0. The molecule has 6 heterocycles. The molecule has 3 atom stereocenters. The molecule has 4 aliphatic rings. The number of aryl methyl sites for hydroxylation is 2. The van der Waals surface area contributed by atoms with Gasteiger partial charge in [0.05, 0.1) is 24.4 Å². The van der Waals surface area contributed by atoms with Crippen LogP contribution >= 0.6 is 11.3 Å². The first kappa shape index (κ1) is 22.5. The summed E-state index contributed by atoms with van der Waals surface area (Å²) in [5, 5.41) is 7.27. The van der Waals surface area contributed by atoms with Gasteiger partial charge in [-0.3, -0.25) is 4.79 Å². The molecule has 0 saturated carbocycles. The average Bonchev–Trinajstić information content (AvgIpc) is 2.97. The standard InChI is InChI=1S/C25H28FN5O3S/c1-12-3-13(2)29-25-21(12)22(27)23(35-25)24(32)30-14-4-18-19(26)5-16(6-20(18)34-10-14)31-8-15-11-33-17(9-31)7-28-15/h3,5-6,14-15,17,28H,4,7-11,27H2,1-2H3,(H,30,32)/t14-,15?,17?/m1/s1. The number of nitrogens with two attached hydrogens (primary N) is 1. The fourth-order valence-corrected chi connectivity index (χ4v) is 6.40. The van der Waals surface area contributed by atoms with Crippen LogP contribution in [-0.2, 0) is 11.2 Å². The lowest BCUT2D eigenvalue weighted by Crippen LogP contribution is -2.45. The average molecular weight is 498 g/mol. The van der Waals surface area contributed by atoms with Gasteiger partial charge in [0.2, 0.25) is 0 Å². The minimum Gasteiger partial charge on any atom is -0.491 e. The number of nitrogens with one attached hydrogen (secondary N) is 2. The smallest absolute Gasteiger partial charge is 0.263 e. The van der Waals surface area contributed by atoms with Crippen LogP contribution in [0.2, 0.25) is 0 Å². The fraction of sp³-hybridized carbons (Fsp3) is 0.440. The summed E-state index contributed by atoms with van der Waals surface area (Å²) in [4.78, 5) is 20.9. The molecule has 2 aromatic heterocycles. The molecular formula is C25H28FN5O3S. The largest absolute Gasteiger partial charge is 0.491 e. The zero-order chi connectivity index (χ0) is 24.3. The molecule has 3 fully saturated rings. The van der Waals surface area contributed by atoms with Crippen molar-refractivity contribution in [3.05, 3.63) is 45.7 Å². The van der Waals surface area contributed by atoms with Crippen LogP contribution in [0.3, 0.4) is 0 Å². The molecule has 4 aliphatic heterocycles. The molecule has 1 amide bonds. The third-order valence-corrected chi connectivity index (χ3v) is 8.09. The fourth-order valence-electron chi connectivity index (χ4n) is 5.28. The highest BCUT2D eigenvalue weighted by Gasteiger charge is 2.32. The number of carbonyl (C=O) groups is 1. The number of rotatable bonds is 3. The number of morpholine rings is 1. The maximum absolute atomic E-state index is 15.2. The number of nitrogens with zero attached hydrogens (tertiary/aromatic N) is 2. The van der Waals surface area contributed by atoms with Crippen molar-refractivity contribution in [3.8, 4) is 5.75 Å². The van der Waals surface area contributed by atoms with Gasteiger partial charge in [-0.2, -0.15) is 0 Å². The molecule has 4 N–H and O–H groups in total. The molecule has 2 bridgehead atoms. The molecule has 2 unspecified atom stereocenters. The predicted molar refractivity (Wildman–Crippen MR) is 134 cm³/mol. The van der Waals surface area contributed by atoms with Crippen molar-refractivity contribution in [2.75, 3.05) is 43.5 Å². The summed E-state index contributed by atoms with van der Waals surface area (Å²) < 4.78 is 27.0. The molecule has 3 aromatic rings. The zero-order valence-electron chi connectivity index (χ0n) is 19.7. The molecule has 1 aromatic carbocycles. The van der Waals surface area contributed by atoms with E-state index in [1.165, 1.54) is 11.3 Å². The number of carbonyl (C=O) groups excluding carboxylic acids is 1. The Morgan fingerprint density at radius 3 is 2.94 bits per heavy atom. The predicted octanol–water partition coefficient (Wildman–Crippen LogP) is 2.54. The van der Waals surface area contributed by atoms with Gasteiger partial charge < -0.3 is 30.7 Å². The highest BCUT2D eigenvalue weighted by molar-refractivity contribution is 7.21. The van der Waals surface area contributed by atoms with Crippen molar-refractivity contribution in [3.63, 3.8) is 0 Å². The van der Waals surface area contributed by atoms with Crippen molar-refractivity contribution >= 4 is 38.8 Å². The molecule has 0 radical (unpaired) electrons. The highest BCUT2D eigenvalue weighted by atomic mass is 32.1. The number of aromatic nitrogens is 1. The van der Waals surface area contributed by atoms with Gasteiger partial charge in [-0.15, -0.1) is 11.3 Å². The molecule has 3 saturated heterocycles. The molecular weight excluding hydrogens is 469 g/mol. The van der Waals surface area contributed by atoms with Crippen LogP contribution in [0.4, 0.5) is 15.8 Å². The number of amides is 1. The molecule has 184 valence electrons. The van der Waals surface area contributed by atoms with Crippen molar-refractivity contribution in [1.29, 1.82) is 0 Å². The van der Waals surface area contributed by atoms with Crippen LogP contribution in [0.1, 0.15) is 26.5 Å². The van der Waals surface area contributed by atoms with Crippen LogP contribution < -0.4 is 26.0 Å². The van der Waals surface area contributed by atoms with Gasteiger partial charge in [-0.25, -0.2) is 9.37 Å².